The molecule has 1 aliphatic heterocycles. The second-order valence-electron chi connectivity index (χ2n) is 5.90. The van der Waals surface area contributed by atoms with Gasteiger partial charge < -0.3 is 4.90 Å². The number of fused-ring (bicyclic) bond motifs is 2. The van der Waals surface area contributed by atoms with E-state index < -0.39 is 0 Å². The molecule has 0 radical (unpaired) electrons. The summed E-state index contributed by atoms with van der Waals surface area (Å²) in [5, 5.41) is 0.645. The number of aromatic nitrogens is 3. The lowest BCUT2D eigenvalue weighted by molar-refractivity contribution is 0.629. The van der Waals surface area contributed by atoms with Crippen molar-refractivity contribution in [3.05, 3.63) is 46.4 Å². The van der Waals surface area contributed by atoms with Crippen LogP contribution in [0.3, 0.4) is 0 Å². The highest BCUT2D eigenvalue weighted by Crippen LogP contribution is 2.37. The van der Waals surface area contributed by atoms with Gasteiger partial charge in [-0.2, -0.15) is 4.98 Å². The van der Waals surface area contributed by atoms with Crippen molar-refractivity contribution < 1.29 is 4.39 Å². The summed E-state index contributed by atoms with van der Waals surface area (Å²) < 4.78 is 14.8. The largest absolute Gasteiger partial charge is 0.324 e. The molecule has 0 saturated carbocycles. The van der Waals surface area contributed by atoms with Crippen molar-refractivity contribution in [2.45, 2.75) is 19.3 Å². The van der Waals surface area contributed by atoms with Gasteiger partial charge in [0.25, 0.3) is 0 Å². The molecular weight excluding hydrogens is 387 g/mol. The first-order valence-corrected chi connectivity index (χ1v) is 8.80. The number of rotatable bonds is 2. The van der Waals surface area contributed by atoms with Gasteiger partial charge in [-0.25, -0.2) is 15.2 Å². The van der Waals surface area contributed by atoms with Crippen LogP contribution < -0.4 is 16.2 Å². The summed E-state index contributed by atoms with van der Waals surface area (Å²) in [6.07, 6.45) is 6.63. The highest BCUT2D eigenvalue weighted by atomic mass is 79.9. The van der Waals surface area contributed by atoms with Crippen molar-refractivity contribution >= 4 is 44.3 Å². The second-order valence-corrected chi connectivity index (χ2v) is 6.76. The summed E-state index contributed by atoms with van der Waals surface area (Å²) in [5.74, 6) is 6.13. The van der Waals surface area contributed by atoms with Gasteiger partial charge in [-0.05, 0) is 59.0 Å². The number of pyridine rings is 1. The van der Waals surface area contributed by atoms with Crippen LogP contribution in [0, 0.1) is 5.82 Å². The molecule has 1 aliphatic rings. The SMILES string of the molecule is NNc1nc(N2CCCCc3c(Br)cncc32)c2cc(F)ccc2n1. The van der Waals surface area contributed by atoms with Gasteiger partial charge in [-0.1, -0.05) is 0 Å². The zero-order chi connectivity index (χ0) is 17.4. The van der Waals surface area contributed by atoms with Crippen LogP contribution in [0.15, 0.2) is 35.1 Å². The van der Waals surface area contributed by atoms with Crippen molar-refractivity contribution in [2.24, 2.45) is 5.84 Å². The van der Waals surface area contributed by atoms with E-state index in [1.54, 1.807) is 12.3 Å². The predicted molar refractivity (Wildman–Crippen MR) is 99.2 cm³/mol. The van der Waals surface area contributed by atoms with Gasteiger partial charge in [0.15, 0.2) is 0 Å². The van der Waals surface area contributed by atoms with Crippen LogP contribution in [-0.4, -0.2) is 21.5 Å². The normalized spacial score (nSPS) is 14.3. The molecule has 0 atom stereocenters. The van der Waals surface area contributed by atoms with E-state index in [4.69, 9.17) is 5.84 Å². The Kier molecular flexibility index (Phi) is 4.22. The van der Waals surface area contributed by atoms with E-state index in [0.29, 0.717) is 22.7 Å². The number of hydrogen-bond acceptors (Lipinski definition) is 6. The number of nitrogens with two attached hydrogens (primary N) is 1. The minimum atomic E-state index is -0.326. The standard InChI is InChI=1S/C17H16BrFN6/c18-13-8-21-9-15-11(13)3-1-2-6-25(15)16-12-7-10(19)4-5-14(12)22-17(23-16)24-20/h4-5,7-9H,1-3,6,20H2,(H,22,23,24). The van der Waals surface area contributed by atoms with E-state index in [-0.39, 0.29) is 5.82 Å². The lowest BCUT2D eigenvalue weighted by atomic mass is 10.1. The van der Waals surface area contributed by atoms with Crippen LogP contribution >= 0.6 is 15.9 Å². The lowest BCUT2D eigenvalue weighted by Gasteiger charge is -2.25. The monoisotopic (exact) mass is 402 g/mol. The summed E-state index contributed by atoms with van der Waals surface area (Å²) in [6, 6.07) is 4.48. The first-order chi connectivity index (χ1) is 12.2. The summed E-state index contributed by atoms with van der Waals surface area (Å²) in [4.78, 5) is 15.2. The summed E-state index contributed by atoms with van der Waals surface area (Å²) >= 11 is 3.59. The summed E-state index contributed by atoms with van der Waals surface area (Å²) in [6.45, 7) is 0.762. The van der Waals surface area contributed by atoms with Crippen LogP contribution in [0.5, 0.6) is 0 Å². The Hall–Kier alpha value is -2.32. The Morgan fingerprint density at radius 3 is 2.92 bits per heavy atom. The maximum Gasteiger partial charge on any atom is 0.239 e. The Morgan fingerprint density at radius 1 is 1.20 bits per heavy atom. The fourth-order valence-corrected chi connectivity index (χ4v) is 3.72. The minimum absolute atomic E-state index is 0.294. The number of halogens is 2. The third-order valence-electron chi connectivity index (χ3n) is 4.35. The third-order valence-corrected chi connectivity index (χ3v) is 5.04. The van der Waals surface area contributed by atoms with Crippen molar-refractivity contribution in [3.8, 4) is 0 Å². The molecule has 0 amide bonds. The van der Waals surface area contributed by atoms with E-state index in [9.17, 15) is 4.39 Å². The van der Waals surface area contributed by atoms with Gasteiger partial charge in [-0.15, -0.1) is 0 Å². The van der Waals surface area contributed by atoms with Gasteiger partial charge >= 0.3 is 0 Å². The molecular formula is C17H16BrFN6. The van der Waals surface area contributed by atoms with Crippen molar-refractivity contribution in [1.82, 2.24) is 15.0 Å². The summed E-state index contributed by atoms with van der Waals surface area (Å²) in [5.41, 5.74) is 5.28. The molecule has 2 aromatic heterocycles. The zero-order valence-corrected chi connectivity index (χ0v) is 14.9. The maximum absolute atomic E-state index is 13.9. The number of anilines is 3. The molecule has 1 aromatic carbocycles. The molecule has 0 aliphatic carbocycles. The average Bonchev–Trinajstić information content (AvgIpc) is 2.84. The molecule has 4 rings (SSSR count). The van der Waals surface area contributed by atoms with Gasteiger partial charge in [0.1, 0.15) is 11.6 Å². The van der Waals surface area contributed by atoms with Crippen LogP contribution in [0.1, 0.15) is 18.4 Å². The predicted octanol–water partition coefficient (Wildman–Crippen LogP) is 3.69. The smallest absolute Gasteiger partial charge is 0.239 e. The third kappa shape index (κ3) is 2.91. The van der Waals surface area contributed by atoms with Crippen LogP contribution in [-0.2, 0) is 6.42 Å². The molecule has 3 aromatic rings. The van der Waals surface area contributed by atoms with Gasteiger partial charge in [-0.3, -0.25) is 10.4 Å². The number of benzene rings is 1. The van der Waals surface area contributed by atoms with E-state index in [2.05, 4.69) is 41.2 Å². The fourth-order valence-electron chi connectivity index (χ4n) is 3.20. The van der Waals surface area contributed by atoms with Crippen molar-refractivity contribution in [2.75, 3.05) is 16.9 Å². The minimum Gasteiger partial charge on any atom is -0.324 e. The van der Waals surface area contributed by atoms with Crippen molar-refractivity contribution in [1.29, 1.82) is 0 Å². The molecule has 25 heavy (non-hydrogen) atoms. The first-order valence-electron chi connectivity index (χ1n) is 8.01. The Labute approximate surface area is 152 Å². The van der Waals surface area contributed by atoms with Crippen LogP contribution in [0.2, 0.25) is 0 Å². The van der Waals surface area contributed by atoms with E-state index in [1.165, 1.54) is 17.7 Å². The average molecular weight is 403 g/mol. The number of nitrogens with one attached hydrogen (secondary N) is 1. The van der Waals surface area contributed by atoms with E-state index in [0.717, 1.165) is 36.0 Å². The van der Waals surface area contributed by atoms with Gasteiger partial charge in [0.05, 0.1) is 17.4 Å². The number of nitrogens with zero attached hydrogens (tertiary/aromatic N) is 4. The molecule has 0 spiro atoms. The first kappa shape index (κ1) is 16.2. The molecule has 0 unspecified atom stereocenters. The Morgan fingerprint density at radius 2 is 2.08 bits per heavy atom. The van der Waals surface area contributed by atoms with Gasteiger partial charge in [0, 0.05) is 22.6 Å². The van der Waals surface area contributed by atoms with E-state index >= 15 is 0 Å². The highest BCUT2D eigenvalue weighted by Gasteiger charge is 2.23. The molecule has 3 N–H and O–H groups in total. The maximum atomic E-state index is 13.9. The number of hydrazine groups is 1. The van der Waals surface area contributed by atoms with Crippen LogP contribution in [0.4, 0.5) is 21.8 Å². The topological polar surface area (TPSA) is 80.0 Å². The lowest BCUT2D eigenvalue weighted by Crippen LogP contribution is -2.21. The number of hydrogen-bond donors (Lipinski definition) is 2. The molecule has 6 nitrogen and oxygen atoms in total. The van der Waals surface area contributed by atoms with Crippen molar-refractivity contribution in [3.63, 3.8) is 0 Å². The molecule has 0 bridgehead atoms. The molecule has 3 heterocycles. The molecule has 8 heteroatoms. The quantitative estimate of drug-likeness (QED) is 0.502. The Bertz CT molecular complexity index is 948. The van der Waals surface area contributed by atoms with Crippen LogP contribution in [0.25, 0.3) is 10.9 Å². The van der Waals surface area contributed by atoms with Gasteiger partial charge in [0.2, 0.25) is 5.95 Å². The fraction of sp³-hybridized carbons (Fsp3) is 0.235. The molecule has 0 saturated heterocycles. The Balaban J connectivity index is 1.98. The second kappa shape index (κ2) is 6.53. The molecule has 128 valence electrons. The number of nitrogen functional groups attached to an aromatic ring is 1. The summed E-state index contributed by atoms with van der Waals surface area (Å²) in [7, 11) is 0. The van der Waals surface area contributed by atoms with E-state index in [1.807, 2.05) is 6.20 Å². The zero-order valence-electron chi connectivity index (χ0n) is 13.3. The highest BCUT2D eigenvalue weighted by molar-refractivity contribution is 9.10. The molecule has 0 fully saturated rings.